The number of rotatable bonds is 3. The quantitative estimate of drug-likeness (QED) is 0.786. The van der Waals surface area contributed by atoms with Gasteiger partial charge in [0.15, 0.2) is 0 Å². The predicted molar refractivity (Wildman–Crippen MR) is 77.1 cm³/mol. The van der Waals surface area contributed by atoms with Crippen LogP contribution in [0.3, 0.4) is 0 Å². The Morgan fingerprint density at radius 1 is 1.42 bits per heavy atom. The fraction of sp³-hybridized carbons (Fsp3) is 0.250. The predicted octanol–water partition coefficient (Wildman–Crippen LogP) is 1.64. The summed E-state index contributed by atoms with van der Waals surface area (Å²) in [6.07, 6.45) is 3.84. The summed E-state index contributed by atoms with van der Waals surface area (Å²) in [7, 11) is 3.90. The highest BCUT2D eigenvalue weighted by Crippen LogP contribution is 2.28. The molecule has 0 aliphatic heterocycles. The van der Waals surface area contributed by atoms with Crippen LogP contribution in [0.5, 0.6) is 0 Å². The normalized spacial score (nSPS) is 11.1. The Balaban J connectivity index is 1.96. The minimum atomic E-state index is 0.308. The van der Waals surface area contributed by atoms with E-state index in [0.29, 0.717) is 5.95 Å². The first-order valence-corrected chi connectivity index (χ1v) is 6.71. The summed E-state index contributed by atoms with van der Waals surface area (Å²) >= 11 is 1.57. The molecule has 19 heavy (non-hydrogen) atoms. The Morgan fingerprint density at radius 2 is 2.26 bits per heavy atom. The molecule has 0 aliphatic carbocycles. The zero-order chi connectivity index (χ0) is 13.4. The lowest BCUT2D eigenvalue weighted by Gasteiger charge is -2.18. The number of nitrogens with two attached hydrogens (primary N) is 1. The molecule has 0 unspecified atom stereocenters. The van der Waals surface area contributed by atoms with Gasteiger partial charge in [-0.2, -0.15) is 10.1 Å². The van der Waals surface area contributed by atoms with Crippen LogP contribution in [0.25, 0.3) is 10.2 Å². The maximum absolute atomic E-state index is 5.76. The summed E-state index contributed by atoms with van der Waals surface area (Å²) < 4.78 is 1.79. The summed E-state index contributed by atoms with van der Waals surface area (Å²) in [5.41, 5.74) is 6.89. The van der Waals surface area contributed by atoms with Crippen LogP contribution in [-0.4, -0.2) is 26.8 Å². The number of anilines is 2. The fourth-order valence-electron chi connectivity index (χ4n) is 2.05. The molecule has 3 aromatic rings. The SMILES string of the molecule is CN(Cc1cnn(C)c1)c1nc(N)nc2sccc12. The van der Waals surface area contributed by atoms with Crippen molar-refractivity contribution in [2.24, 2.45) is 7.05 Å². The minimum Gasteiger partial charge on any atom is -0.368 e. The van der Waals surface area contributed by atoms with Gasteiger partial charge in [-0.15, -0.1) is 11.3 Å². The van der Waals surface area contributed by atoms with Crippen molar-refractivity contribution in [3.63, 3.8) is 0 Å². The summed E-state index contributed by atoms with van der Waals surface area (Å²) in [6.45, 7) is 0.731. The zero-order valence-corrected chi connectivity index (χ0v) is 11.6. The Kier molecular flexibility index (Phi) is 2.83. The van der Waals surface area contributed by atoms with E-state index in [1.54, 1.807) is 16.0 Å². The molecule has 0 atom stereocenters. The lowest BCUT2D eigenvalue weighted by atomic mass is 10.3. The van der Waals surface area contributed by atoms with Crippen LogP contribution in [0, 0.1) is 0 Å². The highest BCUT2D eigenvalue weighted by atomic mass is 32.1. The van der Waals surface area contributed by atoms with Crippen LogP contribution >= 0.6 is 11.3 Å². The minimum absolute atomic E-state index is 0.308. The first-order chi connectivity index (χ1) is 9.13. The maximum atomic E-state index is 5.76. The van der Waals surface area contributed by atoms with Crippen LogP contribution in [0.4, 0.5) is 11.8 Å². The fourth-order valence-corrected chi connectivity index (χ4v) is 2.81. The first-order valence-electron chi connectivity index (χ1n) is 5.83. The highest BCUT2D eigenvalue weighted by molar-refractivity contribution is 7.16. The molecule has 98 valence electrons. The number of nitrogens with zero attached hydrogens (tertiary/aromatic N) is 5. The second-order valence-electron chi connectivity index (χ2n) is 4.42. The second kappa shape index (κ2) is 4.51. The van der Waals surface area contributed by atoms with Gasteiger partial charge >= 0.3 is 0 Å². The van der Waals surface area contributed by atoms with Crippen LogP contribution in [0.1, 0.15) is 5.56 Å². The van der Waals surface area contributed by atoms with Gasteiger partial charge in [0.25, 0.3) is 0 Å². The van der Waals surface area contributed by atoms with E-state index in [9.17, 15) is 0 Å². The lowest BCUT2D eigenvalue weighted by Crippen LogP contribution is -2.18. The molecule has 0 aliphatic rings. The Labute approximate surface area is 114 Å². The van der Waals surface area contributed by atoms with Gasteiger partial charge < -0.3 is 10.6 Å². The number of hydrogen-bond acceptors (Lipinski definition) is 6. The smallest absolute Gasteiger partial charge is 0.223 e. The molecule has 0 spiro atoms. The number of thiophene rings is 1. The number of fused-ring (bicyclic) bond motifs is 1. The van der Waals surface area contributed by atoms with Crippen molar-refractivity contribution < 1.29 is 0 Å². The molecule has 3 heterocycles. The monoisotopic (exact) mass is 274 g/mol. The molecule has 3 rings (SSSR count). The van der Waals surface area contributed by atoms with E-state index in [-0.39, 0.29) is 0 Å². The zero-order valence-electron chi connectivity index (χ0n) is 10.7. The third-order valence-electron chi connectivity index (χ3n) is 2.86. The number of aromatic nitrogens is 4. The molecular weight excluding hydrogens is 260 g/mol. The van der Waals surface area contributed by atoms with Crippen LogP contribution < -0.4 is 10.6 Å². The van der Waals surface area contributed by atoms with E-state index in [4.69, 9.17) is 5.73 Å². The third kappa shape index (κ3) is 2.24. The Bertz CT molecular complexity index is 716. The highest BCUT2D eigenvalue weighted by Gasteiger charge is 2.12. The third-order valence-corrected chi connectivity index (χ3v) is 3.67. The number of aryl methyl sites for hydroxylation is 1. The first kappa shape index (κ1) is 11.9. The van der Waals surface area contributed by atoms with Gasteiger partial charge in [-0.3, -0.25) is 4.68 Å². The Hall–Kier alpha value is -2.15. The van der Waals surface area contributed by atoms with E-state index in [2.05, 4.69) is 20.0 Å². The molecule has 0 radical (unpaired) electrons. The van der Waals surface area contributed by atoms with E-state index >= 15 is 0 Å². The van der Waals surface area contributed by atoms with Crippen molar-refractivity contribution in [2.75, 3.05) is 17.7 Å². The van der Waals surface area contributed by atoms with Gasteiger partial charge in [-0.05, 0) is 11.4 Å². The largest absolute Gasteiger partial charge is 0.368 e. The summed E-state index contributed by atoms with van der Waals surface area (Å²) in [5.74, 6) is 1.16. The molecule has 3 aromatic heterocycles. The summed E-state index contributed by atoms with van der Waals surface area (Å²) in [5, 5.41) is 7.20. The molecule has 0 saturated carbocycles. The van der Waals surface area contributed by atoms with Crippen LogP contribution in [-0.2, 0) is 13.6 Å². The van der Waals surface area contributed by atoms with Gasteiger partial charge in [-0.25, -0.2) is 4.98 Å². The van der Waals surface area contributed by atoms with Gasteiger partial charge in [-0.1, -0.05) is 0 Å². The van der Waals surface area contributed by atoms with Crippen molar-refractivity contribution in [1.82, 2.24) is 19.7 Å². The molecule has 7 heteroatoms. The van der Waals surface area contributed by atoms with Gasteiger partial charge in [0.05, 0.1) is 11.6 Å². The molecule has 6 nitrogen and oxygen atoms in total. The van der Waals surface area contributed by atoms with Crippen LogP contribution in [0.2, 0.25) is 0 Å². The molecule has 0 aromatic carbocycles. The number of hydrogen-bond donors (Lipinski definition) is 1. The molecule has 0 amide bonds. The van der Waals surface area contributed by atoms with Crippen molar-refractivity contribution in [3.8, 4) is 0 Å². The summed E-state index contributed by atoms with van der Waals surface area (Å²) in [6, 6.07) is 2.02. The van der Waals surface area contributed by atoms with Gasteiger partial charge in [0.1, 0.15) is 10.6 Å². The molecule has 0 bridgehead atoms. The van der Waals surface area contributed by atoms with Crippen molar-refractivity contribution >= 4 is 33.3 Å². The molecular formula is C12H14N6S. The van der Waals surface area contributed by atoms with E-state index < -0.39 is 0 Å². The average molecular weight is 274 g/mol. The van der Waals surface area contributed by atoms with Gasteiger partial charge in [0, 0.05) is 32.4 Å². The molecule has 2 N–H and O–H groups in total. The Morgan fingerprint density at radius 3 is 3.00 bits per heavy atom. The van der Waals surface area contributed by atoms with Crippen molar-refractivity contribution in [2.45, 2.75) is 6.54 Å². The van der Waals surface area contributed by atoms with E-state index in [0.717, 1.165) is 28.1 Å². The average Bonchev–Trinajstić information content (AvgIpc) is 2.96. The topological polar surface area (TPSA) is 72.9 Å². The van der Waals surface area contributed by atoms with E-state index in [1.165, 1.54) is 0 Å². The van der Waals surface area contributed by atoms with Crippen LogP contribution in [0.15, 0.2) is 23.8 Å². The second-order valence-corrected chi connectivity index (χ2v) is 5.32. The number of nitrogen functional groups attached to an aromatic ring is 1. The standard InChI is InChI=1S/C12H14N6S/c1-17(6-8-5-14-18(2)7-8)10-9-3-4-19-11(9)16-12(13)15-10/h3-5,7H,6H2,1-2H3,(H2,13,15,16). The van der Waals surface area contributed by atoms with Gasteiger partial charge in [0.2, 0.25) is 5.95 Å². The maximum Gasteiger partial charge on any atom is 0.223 e. The lowest BCUT2D eigenvalue weighted by molar-refractivity contribution is 0.766. The van der Waals surface area contributed by atoms with Crippen molar-refractivity contribution in [1.29, 1.82) is 0 Å². The molecule has 0 fully saturated rings. The van der Waals surface area contributed by atoms with Crippen molar-refractivity contribution in [3.05, 3.63) is 29.4 Å². The summed E-state index contributed by atoms with van der Waals surface area (Å²) in [4.78, 5) is 11.6. The van der Waals surface area contributed by atoms with E-state index in [1.807, 2.05) is 37.9 Å². The molecule has 0 saturated heterocycles.